The van der Waals surface area contributed by atoms with Gasteiger partial charge in [0, 0.05) is 76.4 Å². The average molecular weight is 489 g/mol. The first-order valence-corrected chi connectivity index (χ1v) is 12.7. The van der Waals surface area contributed by atoms with Crippen molar-refractivity contribution in [1.82, 2.24) is 19.6 Å². The van der Waals surface area contributed by atoms with E-state index in [0.29, 0.717) is 39.5 Å². The number of hydrogen-bond donors (Lipinski definition) is 1. The molecular weight excluding hydrogens is 444 g/mol. The quantitative estimate of drug-likeness (QED) is 0.295. The molecule has 0 aromatic carbocycles. The summed E-state index contributed by atoms with van der Waals surface area (Å²) in [5.41, 5.74) is 6.17. The van der Waals surface area contributed by atoms with Crippen molar-refractivity contribution in [1.29, 1.82) is 0 Å². The molecule has 12 nitrogen and oxygen atoms in total. The molecule has 12 heteroatoms. The first-order valence-electron chi connectivity index (χ1n) is 12.7. The van der Waals surface area contributed by atoms with Crippen LogP contribution in [-0.2, 0) is 18.9 Å². The van der Waals surface area contributed by atoms with Crippen molar-refractivity contribution >= 4 is 0 Å². The van der Waals surface area contributed by atoms with E-state index in [2.05, 4.69) is 19.6 Å². The van der Waals surface area contributed by atoms with Crippen molar-refractivity contribution in [3.63, 3.8) is 0 Å². The van der Waals surface area contributed by atoms with Crippen LogP contribution in [0.3, 0.4) is 0 Å². The second kappa shape index (κ2) is 15.9. The molecule has 0 aliphatic carbocycles. The zero-order chi connectivity index (χ0) is 24.0. The molecule has 0 unspecified atom stereocenters. The third-order valence-corrected chi connectivity index (χ3v) is 6.64. The van der Waals surface area contributed by atoms with Crippen LogP contribution >= 0.6 is 0 Å². The minimum absolute atomic E-state index is 0.148. The zero-order valence-electron chi connectivity index (χ0n) is 20.6. The maximum Gasteiger partial charge on any atom is 0.238 e. The highest BCUT2D eigenvalue weighted by molar-refractivity contribution is 4.76. The van der Waals surface area contributed by atoms with E-state index >= 15 is 0 Å². The van der Waals surface area contributed by atoms with E-state index < -0.39 is 6.04 Å². The standard InChI is InChI=1S/C11H21N3O4.C11H23N3O2/c15-14(16)11(9-12-1-5-17-6-2-12)10-13-3-7-18-8-4-13;12-11(9-13-1-5-15-6-2-13)10-14-3-7-16-8-4-14/h11H,1-10H2;11H,1-10,12H2. The number of nitrogens with two attached hydrogens (primary N) is 1. The lowest BCUT2D eigenvalue weighted by atomic mass is 10.2. The van der Waals surface area contributed by atoms with Gasteiger partial charge in [0.05, 0.1) is 65.9 Å². The van der Waals surface area contributed by atoms with Gasteiger partial charge in [0.1, 0.15) is 0 Å². The lowest BCUT2D eigenvalue weighted by Gasteiger charge is -2.33. The summed E-state index contributed by atoms with van der Waals surface area (Å²) < 4.78 is 21.2. The van der Waals surface area contributed by atoms with Crippen LogP contribution in [0.4, 0.5) is 0 Å². The van der Waals surface area contributed by atoms with Gasteiger partial charge in [0.2, 0.25) is 6.04 Å². The molecule has 0 atom stereocenters. The van der Waals surface area contributed by atoms with E-state index in [1.165, 1.54) is 0 Å². The molecule has 34 heavy (non-hydrogen) atoms. The second-order valence-corrected chi connectivity index (χ2v) is 9.35. The van der Waals surface area contributed by atoms with Crippen molar-refractivity contribution in [3.8, 4) is 0 Å². The summed E-state index contributed by atoms with van der Waals surface area (Å²) in [6.07, 6.45) is 0. The van der Waals surface area contributed by atoms with Crippen LogP contribution in [0.5, 0.6) is 0 Å². The van der Waals surface area contributed by atoms with Gasteiger partial charge in [-0.25, -0.2) is 0 Å². The van der Waals surface area contributed by atoms with Gasteiger partial charge in [-0.15, -0.1) is 0 Å². The van der Waals surface area contributed by atoms with Crippen LogP contribution in [-0.4, -0.2) is 168 Å². The molecule has 0 saturated carbocycles. The first kappa shape index (κ1) is 27.6. The average Bonchev–Trinajstić information content (AvgIpc) is 2.86. The van der Waals surface area contributed by atoms with Crippen molar-refractivity contribution in [3.05, 3.63) is 10.1 Å². The van der Waals surface area contributed by atoms with Gasteiger partial charge in [-0.3, -0.25) is 29.7 Å². The predicted octanol–water partition coefficient (Wildman–Crippen LogP) is -1.73. The molecule has 0 aromatic rings. The van der Waals surface area contributed by atoms with Crippen LogP contribution < -0.4 is 5.73 Å². The first-order chi connectivity index (χ1) is 16.6. The SMILES string of the molecule is NC(CN1CCOCC1)CN1CCOCC1.O=[N+]([O-])C(CN1CCOCC1)CN1CCOCC1. The van der Waals surface area contributed by atoms with Crippen LogP contribution in [0, 0.1) is 10.1 Å². The topological polar surface area (TPSA) is 119 Å². The maximum atomic E-state index is 11.1. The third-order valence-electron chi connectivity index (χ3n) is 6.64. The monoisotopic (exact) mass is 488 g/mol. The highest BCUT2D eigenvalue weighted by Crippen LogP contribution is 2.05. The fourth-order valence-electron chi connectivity index (χ4n) is 4.64. The molecule has 4 heterocycles. The Balaban J connectivity index is 0.000000192. The summed E-state index contributed by atoms with van der Waals surface area (Å²) in [6, 6.07) is -0.266. The molecule has 198 valence electrons. The van der Waals surface area contributed by atoms with Crippen molar-refractivity contribution in [2.75, 3.05) is 131 Å². The number of nitrogens with zero attached hydrogens (tertiary/aromatic N) is 5. The highest BCUT2D eigenvalue weighted by Gasteiger charge is 2.28. The Morgan fingerprint density at radius 2 is 0.853 bits per heavy atom. The summed E-state index contributed by atoms with van der Waals surface area (Å²) >= 11 is 0. The fourth-order valence-corrected chi connectivity index (χ4v) is 4.64. The Morgan fingerprint density at radius 3 is 1.12 bits per heavy atom. The lowest BCUT2D eigenvalue weighted by molar-refractivity contribution is -0.524. The van der Waals surface area contributed by atoms with Crippen LogP contribution in [0.25, 0.3) is 0 Å². The number of rotatable bonds is 9. The van der Waals surface area contributed by atoms with E-state index in [1.807, 2.05) is 0 Å². The van der Waals surface area contributed by atoms with Crippen LogP contribution in [0.2, 0.25) is 0 Å². The van der Waals surface area contributed by atoms with Gasteiger partial charge in [0.15, 0.2) is 0 Å². The van der Waals surface area contributed by atoms with Crippen LogP contribution in [0.1, 0.15) is 0 Å². The largest absolute Gasteiger partial charge is 0.379 e. The summed E-state index contributed by atoms with van der Waals surface area (Å²) in [4.78, 5) is 20.0. The molecule has 0 amide bonds. The number of nitro groups is 1. The van der Waals surface area contributed by atoms with Gasteiger partial charge < -0.3 is 24.7 Å². The van der Waals surface area contributed by atoms with E-state index in [-0.39, 0.29) is 11.0 Å². The Labute approximate surface area is 203 Å². The van der Waals surface area contributed by atoms with E-state index in [4.69, 9.17) is 24.7 Å². The summed E-state index contributed by atoms with van der Waals surface area (Å²) in [7, 11) is 0. The van der Waals surface area contributed by atoms with E-state index in [1.54, 1.807) is 0 Å². The predicted molar refractivity (Wildman–Crippen MR) is 128 cm³/mol. The van der Waals surface area contributed by atoms with Crippen molar-refractivity contribution in [2.45, 2.75) is 12.1 Å². The third kappa shape index (κ3) is 10.8. The zero-order valence-corrected chi connectivity index (χ0v) is 20.6. The molecule has 0 radical (unpaired) electrons. The maximum absolute atomic E-state index is 11.1. The summed E-state index contributed by atoms with van der Waals surface area (Å²) in [6.45, 7) is 16.4. The molecule has 0 aromatic heterocycles. The molecular formula is C22H44N6O6. The molecule has 0 bridgehead atoms. The fraction of sp³-hybridized carbons (Fsp3) is 1.00. The Kier molecular flexibility index (Phi) is 12.9. The summed E-state index contributed by atoms with van der Waals surface area (Å²) in [5.74, 6) is 0. The van der Waals surface area contributed by atoms with E-state index in [0.717, 1.165) is 91.9 Å². The van der Waals surface area contributed by atoms with Gasteiger partial charge >= 0.3 is 0 Å². The molecule has 0 spiro atoms. The second-order valence-electron chi connectivity index (χ2n) is 9.35. The molecule has 4 saturated heterocycles. The smallest absolute Gasteiger partial charge is 0.238 e. The van der Waals surface area contributed by atoms with Gasteiger partial charge in [-0.05, 0) is 0 Å². The Hall–Kier alpha value is -0.960. The minimum Gasteiger partial charge on any atom is -0.379 e. The minimum atomic E-state index is -0.513. The molecule has 4 rings (SSSR count). The number of morpholine rings is 4. The van der Waals surface area contributed by atoms with Gasteiger partial charge in [-0.2, -0.15) is 0 Å². The van der Waals surface area contributed by atoms with Gasteiger partial charge in [-0.1, -0.05) is 0 Å². The molecule has 2 N–H and O–H groups in total. The normalized spacial score (nSPS) is 24.2. The summed E-state index contributed by atoms with van der Waals surface area (Å²) in [5, 5.41) is 11.1. The molecule has 4 fully saturated rings. The Morgan fingerprint density at radius 1 is 0.588 bits per heavy atom. The van der Waals surface area contributed by atoms with Crippen molar-refractivity contribution in [2.24, 2.45) is 5.73 Å². The van der Waals surface area contributed by atoms with Crippen LogP contribution in [0.15, 0.2) is 0 Å². The van der Waals surface area contributed by atoms with E-state index in [9.17, 15) is 10.1 Å². The number of hydrogen-bond acceptors (Lipinski definition) is 11. The molecule has 4 aliphatic rings. The number of ether oxygens (including phenoxy) is 4. The van der Waals surface area contributed by atoms with Gasteiger partial charge in [0.25, 0.3) is 0 Å². The molecule has 4 aliphatic heterocycles. The Bertz CT molecular complexity index is 512. The highest BCUT2D eigenvalue weighted by atomic mass is 16.6. The van der Waals surface area contributed by atoms with Crippen molar-refractivity contribution < 1.29 is 23.9 Å². The lowest BCUT2D eigenvalue weighted by Crippen LogP contribution is -2.50.